The van der Waals surface area contributed by atoms with Crippen LogP contribution in [0.1, 0.15) is 5.56 Å². The maximum atomic E-state index is 4.68. The SMILES string of the molecule is Cc1cc1=S. The van der Waals surface area contributed by atoms with Gasteiger partial charge < -0.3 is 0 Å². The zero-order valence-corrected chi connectivity index (χ0v) is 3.80. The van der Waals surface area contributed by atoms with Gasteiger partial charge in [-0.2, -0.15) is 0 Å². The van der Waals surface area contributed by atoms with Crippen LogP contribution in [0.2, 0.25) is 0 Å². The van der Waals surface area contributed by atoms with E-state index in [0.717, 1.165) is 4.51 Å². The van der Waals surface area contributed by atoms with Gasteiger partial charge in [-0.3, -0.25) is 0 Å². The third-order valence-electron chi connectivity index (χ3n) is 0.653. The van der Waals surface area contributed by atoms with Crippen molar-refractivity contribution in [3.05, 3.63) is 16.1 Å². The predicted octanol–water partition coefficient (Wildman–Crippen LogP) is 1.60. The van der Waals surface area contributed by atoms with Gasteiger partial charge in [0, 0.05) is 4.51 Å². The quantitative estimate of drug-likeness (QED) is 0.430. The van der Waals surface area contributed by atoms with E-state index in [1.807, 2.05) is 13.0 Å². The number of hydrogen-bond acceptors (Lipinski definition) is 1. The highest BCUT2D eigenvalue weighted by atomic mass is 32.1. The van der Waals surface area contributed by atoms with Crippen molar-refractivity contribution in [3.63, 3.8) is 0 Å². The maximum Gasteiger partial charge on any atom is 0.0409 e. The summed E-state index contributed by atoms with van der Waals surface area (Å²) in [5.41, 5.74) is 1.28. The molecule has 5 heavy (non-hydrogen) atoms. The molecule has 0 atom stereocenters. The average Bonchev–Trinajstić information content (AvgIpc) is 1.79. The molecule has 0 aliphatic heterocycles. The van der Waals surface area contributed by atoms with E-state index < -0.39 is 0 Å². The summed E-state index contributed by atoms with van der Waals surface area (Å²) in [4.78, 5) is 0. The Morgan fingerprint density at radius 1 is 1.80 bits per heavy atom. The van der Waals surface area contributed by atoms with Gasteiger partial charge >= 0.3 is 0 Å². The zero-order chi connectivity index (χ0) is 3.86. The van der Waals surface area contributed by atoms with Crippen molar-refractivity contribution < 1.29 is 0 Å². The van der Waals surface area contributed by atoms with Crippen molar-refractivity contribution in [2.24, 2.45) is 0 Å². The molecule has 26 valence electrons. The summed E-state index contributed by atoms with van der Waals surface area (Å²) in [6.45, 7) is 2.02. The second-order valence-electron chi connectivity index (χ2n) is 1.19. The van der Waals surface area contributed by atoms with Gasteiger partial charge in [0.1, 0.15) is 0 Å². The van der Waals surface area contributed by atoms with E-state index in [2.05, 4.69) is 12.2 Å². The first-order valence-corrected chi connectivity index (χ1v) is 1.94. The topological polar surface area (TPSA) is 0 Å². The number of aryl methyl sites for hydroxylation is 1. The van der Waals surface area contributed by atoms with Gasteiger partial charge in [0.05, 0.1) is 0 Å². The molecule has 0 spiro atoms. The molecule has 1 aromatic carbocycles. The van der Waals surface area contributed by atoms with Crippen molar-refractivity contribution in [1.82, 2.24) is 0 Å². The van der Waals surface area contributed by atoms with Crippen molar-refractivity contribution in [2.45, 2.75) is 6.92 Å². The molecule has 0 radical (unpaired) electrons. The second kappa shape index (κ2) is 0.658. The highest BCUT2D eigenvalue weighted by Gasteiger charge is 1.90. The third-order valence-corrected chi connectivity index (χ3v) is 1.09. The molecule has 0 N–H and O–H groups in total. The lowest BCUT2D eigenvalue weighted by Crippen LogP contribution is -1.27. The third kappa shape index (κ3) is 0.377. The van der Waals surface area contributed by atoms with Gasteiger partial charge in [0.15, 0.2) is 0 Å². The molecule has 0 amide bonds. The van der Waals surface area contributed by atoms with Gasteiger partial charge in [-0.15, -0.1) is 0 Å². The Labute approximate surface area is 36.1 Å². The van der Waals surface area contributed by atoms with Crippen LogP contribution in [-0.4, -0.2) is 0 Å². The van der Waals surface area contributed by atoms with E-state index in [0.29, 0.717) is 0 Å². The van der Waals surface area contributed by atoms with E-state index in [4.69, 9.17) is 0 Å². The van der Waals surface area contributed by atoms with Crippen LogP contribution in [0.15, 0.2) is 6.07 Å². The molecule has 1 rings (SSSR count). The Kier molecular flexibility index (Phi) is 0.399. The Morgan fingerprint density at radius 2 is 2.00 bits per heavy atom. The van der Waals surface area contributed by atoms with E-state index >= 15 is 0 Å². The fourth-order valence-electron chi connectivity index (χ4n) is 0.161. The number of rotatable bonds is 0. The highest BCUT2D eigenvalue weighted by Crippen LogP contribution is 2.06. The van der Waals surface area contributed by atoms with Crippen molar-refractivity contribution in [2.75, 3.05) is 0 Å². The smallest absolute Gasteiger partial charge is 0.0409 e. The van der Waals surface area contributed by atoms with Gasteiger partial charge in [0.2, 0.25) is 0 Å². The lowest BCUT2D eigenvalue weighted by atomic mass is 10.7. The first kappa shape index (κ1) is 3.04. The fourth-order valence-corrected chi connectivity index (χ4v) is 0.337. The molecule has 0 aliphatic carbocycles. The fraction of sp³-hybridized carbons (Fsp3) is 0.250. The molecule has 0 saturated heterocycles. The summed E-state index contributed by atoms with van der Waals surface area (Å²) in [5, 5.41) is 0. The summed E-state index contributed by atoms with van der Waals surface area (Å²) in [6, 6.07) is 1.98. The molecule has 0 nitrogen and oxygen atoms in total. The minimum absolute atomic E-state index is 1.05. The van der Waals surface area contributed by atoms with Crippen LogP contribution >= 0.6 is 12.2 Å². The summed E-state index contributed by atoms with van der Waals surface area (Å²) < 4.78 is 1.05. The van der Waals surface area contributed by atoms with Crippen LogP contribution in [-0.2, 0) is 0 Å². The highest BCUT2D eigenvalue weighted by molar-refractivity contribution is 7.71. The van der Waals surface area contributed by atoms with E-state index in [-0.39, 0.29) is 0 Å². The monoisotopic (exact) mass is 84.0 g/mol. The Bertz CT molecular complexity index is 135. The van der Waals surface area contributed by atoms with Crippen molar-refractivity contribution in [1.29, 1.82) is 0 Å². The maximum absolute atomic E-state index is 4.68. The van der Waals surface area contributed by atoms with Crippen molar-refractivity contribution in [3.8, 4) is 0 Å². The van der Waals surface area contributed by atoms with Crippen LogP contribution in [0.5, 0.6) is 0 Å². The molecular formula is C4H4S. The molecule has 0 aliphatic rings. The molecule has 0 heterocycles. The number of hydrogen-bond donors (Lipinski definition) is 0. The normalized spacial score (nSPS) is 9.80. The standard InChI is InChI=1S/C4H4S/c1-3-2-4(3)5/h2H,1H3. The molecule has 0 fully saturated rings. The minimum Gasteiger partial charge on any atom is -0.0798 e. The second-order valence-corrected chi connectivity index (χ2v) is 1.63. The molecule has 0 unspecified atom stereocenters. The molecule has 1 aromatic rings. The summed E-state index contributed by atoms with van der Waals surface area (Å²) in [5.74, 6) is 0. The van der Waals surface area contributed by atoms with Gasteiger partial charge in [-0.25, -0.2) is 0 Å². The molecule has 0 aromatic heterocycles. The van der Waals surface area contributed by atoms with Gasteiger partial charge in [-0.05, 0) is 18.6 Å². The van der Waals surface area contributed by atoms with Crippen LogP contribution in [0, 0.1) is 11.4 Å². The summed E-state index contributed by atoms with van der Waals surface area (Å²) >= 11 is 4.68. The lowest BCUT2D eigenvalue weighted by molar-refractivity contribution is 1.68. The van der Waals surface area contributed by atoms with Crippen LogP contribution < -0.4 is 0 Å². The van der Waals surface area contributed by atoms with Gasteiger partial charge in [0.25, 0.3) is 0 Å². The van der Waals surface area contributed by atoms with E-state index in [1.54, 1.807) is 0 Å². The summed E-state index contributed by atoms with van der Waals surface area (Å²) in [6.07, 6.45) is 0. The first-order chi connectivity index (χ1) is 2.30. The average molecular weight is 84.1 g/mol. The van der Waals surface area contributed by atoms with Crippen LogP contribution in [0.25, 0.3) is 0 Å². The Balaban J connectivity index is 3.15. The Hall–Kier alpha value is -0.170. The van der Waals surface area contributed by atoms with Crippen LogP contribution in [0.4, 0.5) is 0 Å². The zero-order valence-electron chi connectivity index (χ0n) is 2.99. The Morgan fingerprint density at radius 3 is 2.00 bits per heavy atom. The summed E-state index contributed by atoms with van der Waals surface area (Å²) in [7, 11) is 0. The largest absolute Gasteiger partial charge is 0.0798 e. The van der Waals surface area contributed by atoms with Crippen molar-refractivity contribution >= 4 is 12.2 Å². The minimum atomic E-state index is 1.05. The first-order valence-electron chi connectivity index (χ1n) is 1.53. The van der Waals surface area contributed by atoms with Gasteiger partial charge in [-0.1, -0.05) is 12.2 Å². The molecule has 1 heteroatoms. The molecule has 0 bridgehead atoms. The molecule has 0 saturated carbocycles. The predicted molar refractivity (Wildman–Crippen MR) is 24.4 cm³/mol. The lowest BCUT2D eigenvalue weighted by Gasteiger charge is -1.42. The van der Waals surface area contributed by atoms with E-state index in [1.165, 1.54) is 5.56 Å². The van der Waals surface area contributed by atoms with Crippen LogP contribution in [0.3, 0.4) is 0 Å². The molecular weight excluding hydrogens is 80.1 g/mol. The van der Waals surface area contributed by atoms with E-state index in [9.17, 15) is 0 Å².